The van der Waals surface area contributed by atoms with E-state index in [9.17, 15) is 14.4 Å². The van der Waals surface area contributed by atoms with Crippen LogP contribution in [-0.2, 0) is 9.59 Å². The molecule has 0 spiro atoms. The molecule has 2 atom stereocenters. The highest BCUT2D eigenvalue weighted by atomic mass is 16.5. The van der Waals surface area contributed by atoms with E-state index in [-0.39, 0.29) is 0 Å². The maximum absolute atomic E-state index is 12.1. The molecule has 2 unspecified atom stereocenters. The summed E-state index contributed by atoms with van der Waals surface area (Å²) in [5.74, 6) is -0.374. The lowest BCUT2D eigenvalue weighted by Gasteiger charge is -2.26. The third-order valence-corrected chi connectivity index (χ3v) is 4.40. The molecule has 1 aromatic rings. The van der Waals surface area contributed by atoms with E-state index < -0.39 is 11.9 Å². The second-order valence-corrected chi connectivity index (χ2v) is 6.18. The first-order chi connectivity index (χ1) is 11.8. The molecule has 0 bridgehead atoms. The van der Waals surface area contributed by atoms with Crippen LogP contribution in [0.5, 0.6) is 5.75 Å². The number of carboxylic acid groups (broad SMARTS) is 2. The molecule has 1 aliphatic heterocycles. The molecule has 7 heteroatoms. The van der Waals surface area contributed by atoms with Crippen LogP contribution < -0.4 is 4.74 Å². The summed E-state index contributed by atoms with van der Waals surface area (Å²) in [6, 6.07) is 5.85. The van der Waals surface area contributed by atoms with Crippen LogP contribution in [0.4, 0.5) is 0 Å². The highest BCUT2D eigenvalue weighted by Crippen LogP contribution is 2.41. The van der Waals surface area contributed by atoms with Gasteiger partial charge in [-0.2, -0.15) is 0 Å². The Morgan fingerprint density at radius 1 is 1.20 bits per heavy atom. The Labute approximate surface area is 145 Å². The molecule has 25 heavy (non-hydrogen) atoms. The van der Waals surface area contributed by atoms with Gasteiger partial charge in [0.05, 0.1) is 7.11 Å². The number of nitrogens with zero attached hydrogens (tertiary/aromatic N) is 1. The average molecular weight is 347 g/mol. The average Bonchev–Trinajstić information content (AvgIpc) is 2.93. The van der Waals surface area contributed by atoms with Crippen LogP contribution in [0, 0.1) is 5.92 Å². The first-order valence-corrected chi connectivity index (χ1v) is 7.85. The number of hydrogen-bond acceptors (Lipinski definition) is 5. The largest absolute Gasteiger partial charge is 0.497 e. The fraction of sp³-hybridized carbons (Fsp3) is 0.389. The Morgan fingerprint density at radius 3 is 2.40 bits per heavy atom. The van der Waals surface area contributed by atoms with Crippen molar-refractivity contribution in [2.45, 2.75) is 12.3 Å². The molecule has 1 fully saturated rings. The molecule has 0 saturated carbocycles. The summed E-state index contributed by atoms with van der Waals surface area (Å²) in [6.07, 6.45) is 1.82. The van der Waals surface area contributed by atoms with Crippen molar-refractivity contribution in [1.29, 1.82) is 0 Å². The minimum atomic E-state index is -1.26. The molecule has 1 saturated heterocycles. The van der Waals surface area contributed by atoms with Crippen LogP contribution in [0.15, 0.2) is 30.4 Å². The van der Waals surface area contributed by atoms with E-state index >= 15 is 0 Å². The third-order valence-electron chi connectivity index (χ3n) is 4.40. The molecule has 0 aromatic heterocycles. The van der Waals surface area contributed by atoms with Crippen LogP contribution in [0.25, 0.3) is 0 Å². The van der Waals surface area contributed by atoms with E-state index in [1.54, 1.807) is 7.11 Å². The highest BCUT2D eigenvalue weighted by Gasteiger charge is 2.39. The van der Waals surface area contributed by atoms with Gasteiger partial charge >= 0.3 is 11.9 Å². The van der Waals surface area contributed by atoms with Gasteiger partial charge in [0, 0.05) is 43.1 Å². The van der Waals surface area contributed by atoms with E-state index in [4.69, 9.17) is 14.9 Å². The van der Waals surface area contributed by atoms with Crippen LogP contribution >= 0.6 is 0 Å². The number of aliphatic carboxylic acids is 2. The van der Waals surface area contributed by atoms with Crippen molar-refractivity contribution >= 4 is 17.7 Å². The zero-order chi connectivity index (χ0) is 18.6. The second-order valence-electron chi connectivity index (χ2n) is 6.18. The Kier molecular flexibility index (Phi) is 5.93. The van der Waals surface area contributed by atoms with Crippen molar-refractivity contribution in [3.05, 3.63) is 41.5 Å². The van der Waals surface area contributed by atoms with Gasteiger partial charge in [0.15, 0.2) is 5.78 Å². The third kappa shape index (κ3) is 4.67. The van der Waals surface area contributed by atoms with Crippen molar-refractivity contribution < 1.29 is 29.3 Å². The van der Waals surface area contributed by atoms with Crippen molar-refractivity contribution in [2.24, 2.45) is 5.92 Å². The van der Waals surface area contributed by atoms with Crippen LogP contribution in [-0.4, -0.2) is 60.1 Å². The molecule has 134 valence electrons. The standard InChI is InChI=1S/C14H17NO2.C4H4O4/c1-15-7-9-5-14(16)11-4-3-10(17-2)6-12(11)13(9)8-15;5-3(6)1-2-4(7)8/h3-4,6,9,13H,5,7-8H2,1-2H3;1-2H,(H,5,6)(H,7,8). The first-order valence-electron chi connectivity index (χ1n) is 7.85. The van der Waals surface area contributed by atoms with Gasteiger partial charge in [0.2, 0.25) is 0 Å². The van der Waals surface area contributed by atoms with Crippen LogP contribution in [0.3, 0.4) is 0 Å². The number of likely N-dealkylation sites (N-methyl/N-ethyl adjacent to an activating group) is 1. The van der Waals surface area contributed by atoms with Crippen molar-refractivity contribution in [2.75, 3.05) is 27.2 Å². The Morgan fingerprint density at radius 2 is 1.84 bits per heavy atom. The number of carbonyl (C=O) groups excluding carboxylic acids is 1. The molecule has 7 nitrogen and oxygen atoms in total. The number of fused-ring (bicyclic) bond motifs is 3. The number of Topliss-reactive ketones (excluding diaryl/α,β-unsaturated/α-hetero) is 1. The van der Waals surface area contributed by atoms with Crippen molar-refractivity contribution in [3.8, 4) is 5.75 Å². The molecule has 1 aromatic carbocycles. The molecule has 1 aliphatic carbocycles. The van der Waals surface area contributed by atoms with Crippen LogP contribution in [0.1, 0.15) is 28.3 Å². The normalized spacial score (nSPS) is 21.9. The van der Waals surface area contributed by atoms with E-state index in [1.165, 1.54) is 5.56 Å². The van der Waals surface area contributed by atoms with Crippen molar-refractivity contribution in [3.63, 3.8) is 0 Å². The smallest absolute Gasteiger partial charge is 0.328 e. The van der Waals surface area contributed by atoms with Gasteiger partial charge in [0.25, 0.3) is 0 Å². The fourth-order valence-electron chi connectivity index (χ4n) is 3.37. The number of ether oxygens (including phenoxy) is 1. The number of hydrogen-bond donors (Lipinski definition) is 2. The van der Waals surface area contributed by atoms with Gasteiger partial charge in [-0.15, -0.1) is 0 Å². The molecule has 0 radical (unpaired) electrons. The monoisotopic (exact) mass is 347 g/mol. The molecule has 2 N–H and O–H groups in total. The van der Waals surface area contributed by atoms with E-state index in [0.29, 0.717) is 36.2 Å². The van der Waals surface area contributed by atoms with Gasteiger partial charge in [0.1, 0.15) is 5.75 Å². The fourth-order valence-corrected chi connectivity index (χ4v) is 3.37. The van der Waals surface area contributed by atoms with Gasteiger partial charge < -0.3 is 19.8 Å². The van der Waals surface area contributed by atoms with E-state index in [2.05, 4.69) is 11.9 Å². The number of benzene rings is 1. The first kappa shape index (κ1) is 18.7. The van der Waals surface area contributed by atoms with Gasteiger partial charge in [-0.25, -0.2) is 9.59 Å². The molecule has 0 amide bonds. The summed E-state index contributed by atoms with van der Waals surface area (Å²) in [6.45, 7) is 2.09. The molecule has 3 rings (SSSR count). The maximum atomic E-state index is 12.1. The topological polar surface area (TPSA) is 104 Å². The Bertz CT molecular complexity index is 696. The molecular weight excluding hydrogens is 326 g/mol. The quantitative estimate of drug-likeness (QED) is 0.801. The summed E-state index contributed by atoms with van der Waals surface area (Å²) in [4.78, 5) is 33.5. The highest BCUT2D eigenvalue weighted by molar-refractivity contribution is 5.99. The van der Waals surface area contributed by atoms with Gasteiger partial charge in [-0.05, 0) is 36.7 Å². The number of methoxy groups -OCH3 is 1. The predicted molar refractivity (Wildman–Crippen MR) is 90.1 cm³/mol. The number of likely N-dealkylation sites (tertiary alicyclic amines) is 1. The molecule has 2 aliphatic rings. The predicted octanol–water partition coefficient (Wildman–Crippen LogP) is 1.64. The lowest BCUT2D eigenvalue weighted by atomic mass is 9.76. The zero-order valence-electron chi connectivity index (χ0n) is 14.1. The lowest BCUT2D eigenvalue weighted by molar-refractivity contribution is -0.134. The SMILES string of the molecule is COc1ccc2c(c1)C1CN(C)CC1CC2=O.O=C(O)C=CC(=O)O. The van der Waals surface area contributed by atoms with E-state index in [1.807, 2.05) is 18.2 Å². The van der Waals surface area contributed by atoms with Crippen molar-refractivity contribution in [1.82, 2.24) is 4.90 Å². The Balaban J connectivity index is 0.000000242. The molecule has 1 heterocycles. The second kappa shape index (κ2) is 7.94. The zero-order valence-corrected chi connectivity index (χ0v) is 14.1. The summed E-state index contributed by atoms with van der Waals surface area (Å²) < 4.78 is 5.27. The number of ketones is 1. The number of carbonyl (C=O) groups is 3. The Hall–Kier alpha value is -2.67. The summed E-state index contributed by atoms with van der Waals surface area (Å²) in [7, 11) is 3.80. The maximum Gasteiger partial charge on any atom is 0.328 e. The molecular formula is C18H21NO6. The minimum absolute atomic E-state index is 0.291. The van der Waals surface area contributed by atoms with E-state index in [0.717, 1.165) is 24.4 Å². The van der Waals surface area contributed by atoms with Crippen LogP contribution in [0.2, 0.25) is 0 Å². The minimum Gasteiger partial charge on any atom is -0.497 e. The summed E-state index contributed by atoms with van der Waals surface area (Å²) in [5.41, 5.74) is 2.09. The lowest BCUT2D eigenvalue weighted by Crippen LogP contribution is -2.23. The van der Waals surface area contributed by atoms with Gasteiger partial charge in [-0.1, -0.05) is 0 Å². The number of rotatable bonds is 3. The summed E-state index contributed by atoms with van der Waals surface area (Å²) in [5, 5.41) is 15.6. The number of carboxylic acids is 2. The van der Waals surface area contributed by atoms with Gasteiger partial charge in [-0.3, -0.25) is 4.79 Å². The summed E-state index contributed by atoms with van der Waals surface area (Å²) >= 11 is 0.